The Morgan fingerprint density at radius 1 is 1.00 bits per heavy atom. The summed E-state index contributed by atoms with van der Waals surface area (Å²) < 4.78 is 4.97. The Hall–Kier alpha value is -2.86. The second-order valence-electron chi connectivity index (χ2n) is 7.30. The molecule has 6 nitrogen and oxygen atoms in total. The number of rotatable bonds is 7. The lowest BCUT2D eigenvalue weighted by molar-refractivity contribution is 0.0746. The van der Waals surface area contributed by atoms with Gasteiger partial charge in [-0.1, -0.05) is 12.1 Å². The zero-order chi connectivity index (χ0) is 20.6. The summed E-state index contributed by atoms with van der Waals surface area (Å²) in [5, 5.41) is 2.85. The molecule has 2 aromatic carbocycles. The van der Waals surface area contributed by atoms with E-state index >= 15 is 0 Å². The third-order valence-electron chi connectivity index (χ3n) is 5.14. The second-order valence-corrected chi connectivity index (χ2v) is 7.30. The van der Waals surface area contributed by atoms with Gasteiger partial charge in [-0.15, -0.1) is 0 Å². The Morgan fingerprint density at radius 3 is 2.34 bits per heavy atom. The standard InChI is InChI=1S/C23H29N3O3/c1-18-5-3-6-21(17-18)25-12-14-26(15-13-25)23(28)20-9-7-19(8-10-20)22(27)24-11-4-16-29-2/h3,5-10,17H,4,11-16H2,1-2H3,(H,24,27). The first kappa shape index (κ1) is 20.9. The first-order valence-corrected chi connectivity index (χ1v) is 10.1. The molecule has 0 saturated carbocycles. The molecule has 1 fully saturated rings. The van der Waals surface area contributed by atoms with Gasteiger partial charge in [0.05, 0.1) is 0 Å². The van der Waals surface area contributed by atoms with Crippen LogP contribution in [0, 0.1) is 6.92 Å². The summed E-state index contributed by atoms with van der Waals surface area (Å²) in [7, 11) is 1.64. The van der Waals surface area contributed by atoms with Crippen LogP contribution in [0.1, 0.15) is 32.7 Å². The molecule has 1 N–H and O–H groups in total. The predicted octanol–water partition coefficient (Wildman–Crippen LogP) is 2.72. The van der Waals surface area contributed by atoms with E-state index in [1.54, 1.807) is 31.4 Å². The van der Waals surface area contributed by atoms with E-state index in [1.807, 2.05) is 4.90 Å². The van der Waals surface area contributed by atoms with E-state index < -0.39 is 0 Å². The van der Waals surface area contributed by atoms with Crippen LogP contribution < -0.4 is 10.2 Å². The minimum absolute atomic E-state index is 0.0148. The number of carbonyl (C=O) groups is 2. The highest BCUT2D eigenvalue weighted by Gasteiger charge is 2.22. The molecular formula is C23H29N3O3. The highest BCUT2D eigenvalue weighted by atomic mass is 16.5. The molecule has 0 bridgehead atoms. The smallest absolute Gasteiger partial charge is 0.253 e. The maximum Gasteiger partial charge on any atom is 0.253 e. The number of amides is 2. The summed E-state index contributed by atoms with van der Waals surface area (Å²) >= 11 is 0. The van der Waals surface area contributed by atoms with Crippen LogP contribution in [-0.4, -0.2) is 63.2 Å². The van der Waals surface area contributed by atoms with Gasteiger partial charge < -0.3 is 19.9 Å². The van der Waals surface area contributed by atoms with Crippen molar-refractivity contribution in [1.29, 1.82) is 0 Å². The van der Waals surface area contributed by atoms with Crippen molar-refractivity contribution in [3.63, 3.8) is 0 Å². The van der Waals surface area contributed by atoms with Crippen molar-refractivity contribution < 1.29 is 14.3 Å². The van der Waals surface area contributed by atoms with Gasteiger partial charge in [-0.25, -0.2) is 0 Å². The van der Waals surface area contributed by atoms with Crippen LogP contribution in [0.4, 0.5) is 5.69 Å². The Bertz CT molecular complexity index is 828. The molecule has 154 valence electrons. The van der Waals surface area contributed by atoms with Crippen LogP contribution in [0.3, 0.4) is 0 Å². The van der Waals surface area contributed by atoms with Crippen LogP contribution in [0.5, 0.6) is 0 Å². The topological polar surface area (TPSA) is 61.9 Å². The highest BCUT2D eigenvalue weighted by Crippen LogP contribution is 2.19. The van der Waals surface area contributed by atoms with E-state index in [-0.39, 0.29) is 11.8 Å². The lowest BCUT2D eigenvalue weighted by Gasteiger charge is -2.36. The van der Waals surface area contributed by atoms with Crippen molar-refractivity contribution in [1.82, 2.24) is 10.2 Å². The normalized spacial score (nSPS) is 14.0. The monoisotopic (exact) mass is 395 g/mol. The van der Waals surface area contributed by atoms with Crippen molar-refractivity contribution in [2.45, 2.75) is 13.3 Å². The van der Waals surface area contributed by atoms with Crippen LogP contribution >= 0.6 is 0 Å². The fourth-order valence-corrected chi connectivity index (χ4v) is 3.46. The largest absolute Gasteiger partial charge is 0.385 e. The Labute approximate surface area is 172 Å². The van der Waals surface area contributed by atoms with Crippen LogP contribution in [0.25, 0.3) is 0 Å². The Kier molecular flexibility index (Phi) is 7.25. The molecule has 3 rings (SSSR count). The number of benzene rings is 2. The summed E-state index contributed by atoms with van der Waals surface area (Å²) in [6, 6.07) is 15.3. The fraction of sp³-hybridized carbons (Fsp3) is 0.391. The van der Waals surface area contributed by atoms with E-state index in [1.165, 1.54) is 11.3 Å². The number of hydrogen-bond donors (Lipinski definition) is 1. The lowest BCUT2D eigenvalue weighted by atomic mass is 10.1. The van der Waals surface area contributed by atoms with Gasteiger partial charge in [0.15, 0.2) is 0 Å². The van der Waals surface area contributed by atoms with Gasteiger partial charge in [-0.05, 0) is 55.3 Å². The molecule has 0 aliphatic carbocycles. The number of aryl methyl sites for hydroxylation is 1. The van der Waals surface area contributed by atoms with Gasteiger partial charge in [0, 0.05) is 63.3 Å². The van der Waals surface area contributed by atoms with Gasteiger partial charge >= 0.3 is 0 Å². The molecule has 0 radical (unpaired) electrons. The number of methoxy groups -OCH3 is 1. The van der Waals surface area contributed by atoms with Crippen molar-refractivity contribution in [3.05, 3.63) is 65.2 Å². The number of ether oxygens (including phenoxy) is 1. The summed E-state index contributed by atoms with van der Waals surface area (Å²) in [5.41, 5.74) is 3.62. The third kappa shape index (κ3) is 5.57. The summed E-state index contributed by atoms with van der Waals surface area (Å²) in [4.78, 5) is 29.1. The van der Waals surface area contributed by atoms with E-state index in [4.69, 9.17) is 4.74 Å². The van der Waals surface area contributed by atoms with Gasteiger partial charge in [-0.2, -0.15) is 0 Å². The van der Waals surface area contributed by atoms with E-state index in [0.717, 1.165) is 19.5 Å². The van der Waals surface area contributed by atoms with Gasteiger partial charge in [0.1, 0.15) is 0 Å². The van der Waals surface area contributed by atoms with Gasteiger partial charge in [0.25, 0.3) is 11.8 Å². The number of carbonyl (C=O) groups excluding carboxylic acids is 2. The van der Waals surface area contributed by atoms with Crippen molar-refractivity contribution in [2.24, 2.45) is 0 Å². The summed E-state index contributed by atoms with van der Waals surface area (Å²) in [6.07, 6.45) is 0.771. The summed E-state index contributed by atoms with van der Waals surface area (Å²) in [5.74, 6) is -0.118. The van der Waals surface area contributed by atoms with Crippen molar-refractivity contribution in [2.75, 3.05) is 51.3 Å². The Morgan fingerprint density at radius 2 is 1.69 bits per heavy atom. The molecule has 0 aromatic heterocycles. The quantitative estimate of drug-likeness (QED) is 0.733. The molecule has 2 aromatic rings. The van der Waals surface area contributed by atoms with E-state index in [2.05, 4.69) is 41.4 Å². The molecule has 0 spiro atoms. The average molecular weight is 396 g/mol. The number of piperazine rings is 1. The second kappa shape index (κ2) is 10.1. The number of hydrogen-bond acceptors (Lipinski definition) is 4. The first-order valence-electron chi connectivity index (χ1n) is 10.1. The van der Waals surface area contributed by atoms with Crippen molar-refractivity contribution >= 4 is 17.5 Å². The number of nitrogens with zero attached hydrogens (tertiary/aromatic N) is 2. The van der Waals surface area contributed by atoms with Crippen LogP contribution in [0.15, 0.2) is 48.5 Å². The van der Waals surface area contributed by atoms with E-state index in [0.29, 0.717) is 37.4 Å². The van der Waals surface area contributed by atoms with Crippen LogP contribution in [0.2, 0.25) is 0 Å². The van der Waals surface area contributed by atoms with Gasteiger partial charge in [-0.3, -0.25) is 9.59 Å². The average Bonchev–Trinajstić information content (AvgIpc) is 2.76. The van der Waals surface area contributed by atoms with Gasteiger partial charge in [0.2, 0.25) is 0 Å². The fourth-order valence-electron chi connectivity index (χ4n) is 3.46. The van der Waals surface area contributed by atoms with Crippen molar-refractivity contribution in [3.8, 4) is 0 Å². The molecule has 1 saturated heterocycles. The molecule has 0 atom stereocenters. The molecule has 1 heterocycles. The molecular weight excluding hydrogens is 366 g/mol. The summed E-state index contributed by atoms with van der Waals surface area (Å²) in [6.45, 7) is 6.29. The predicted molar refractivity (Wildman–Crippen MR) is 115 cm³/mol. The zero-order valence-corrected chi connectivity index (χ0v) is 17.2. The molecule has 0 unspecified atom stereocenters. The third-order valence-corrected chi connectivity index (χ3v) is 5.14. The minimum Gasteiger partial charge on any atom is -0.385 e. The number of nitrogens with one attached hydrogen (secondary N) is 1. The molecule has 2 amide bonds. The molecule has 1 aliphatic heterocycles. The maximum atomic E-state index is 12.8. The van der Waals surface area contributed by atoms with Crippen LogP contribution in [-0.2, 0) is 4.74 Å². The molecule has 29 heavy (non-hydrogen) atoms. The number of anilines is 1. The SMILES string of the molecule is COCCCNC(=O)c1ccc(C(=O)N2CCN(c3cccc(C)c3)CC2)cc1. The highest BCUT2D eigenvalue weighted by molar-refractivity contribution is 5.97. The molecule has 6 heteroatoms. The maximum absolute atomic E-state index is 12.8. The first-order chi connectivity index (χ1) is 14.1. The zero-order valence-electron chi connectivity index (χ0n) is 17.2. The minimum atomic E-state index is -0.133. The molecule has 1 aliphatic rings. The Balaban J connectivity index is 1.52. The van der Waals surface area contributed by atoms with E-state index in [9.17, 15) is 9.59 Å². The lowest BCUT2D eigenvalue weighted by Crippen LogP contribution is -2.48.